The van der Waals surface area contributed by atoms with E-state index in [-0.39, 0.29) is 5.17 Å². The third-order valence-corrected chi connectivity index (χ3v) is 1.10. The van der Waals surface area contributed by atoms with Crippen molar-refractivity contribution < 1.29 is 4.55 Å². The molecular weight excluding hydrogens is 120 g/mol. The van der Waals surface area contributed by atoms with E-state index in [1.807, 2.05) is 0 Å². The minimum absolute atomic E-state index is 0.343. The number of hydrogen-bond donors (Lipinski definition) is 3. The molecule has 0 aliphatic heterocycles. The zero-order chi connectivity index (χ0) is 5.15. The van der Waals surface area contributed by atoms with Crippen LogP contribution in [-0.2, 0) is 20.9 Å². The molecule has 0 saturated heterocycles. The van der Waals surface area contributed by atoms with Crippen LogP contribution in [0.15, 0.2) is 0 Å². The Kier molecular flexibility index (Phi) is 2.22. The van der Waals surface area contributed by atoms with Gasteiger partial charge in [0.1, 0.15) is 0 Å². The van der Waals surface area contributed by atoms with Gasteiger partial charge in [0, 0.05) is 0 Å². The van der Waals surface area contributed by atoms with Gasteiger partial charge in [-0.15, -0.1) is 0 Å². The Labute approximate surface area is 42.5 Å². The molecule has 3 nitrogen and oxygen atoms in total. The van der Waals surface area contributed by atoms with Gasteiger partial charge in [0.05, 0.1) is 9.74 Å². The van der Waals surface area contributed by atoms with E-state index in [2.05, 4.69) is 16.9 Å². The quantitative estimate of drug-likeness (QED) is 0.299. The maximum absolute atomic E-state index is 8.12. The molecule has 0 aliphatic rings. The highest BCUT2D eigenvalue weighted by atomic mass is 32.8. The fraction of sp³-hybridized carbons (Fsp3) is 0. The Balaban J connectivity index is 3.57. The molecule has 1 unspecified atom stereocenters. The Bertz CT molecular complexity index is 77.5. The second-order valence-corrected chi connectivity index (χ2v) is 2.50. The van der Waals surface area contributed by atoms with Crippen LogP contribution in [0, 0.1) is 5.41 Å². The smallest absolute Gasteiger partial charge is 0.181 e. The van der Waals surface area contributed by atoms with E-state index in [4.69, 9.17) is 9.96 Å². The first-order valence-electron chi connectivity index (χ1n) is 1.09. The van der Waals surface area contributed by atoms with E-state index in [1.54, 1.807) is 0 Å². The second-order valence-electron chi connectivity index (χ2n) is 0.613. The van der Waals surface area contributed by atoms with Gasteiger partial charge in [-0.25, -0.2) is 0 Å². The van der Waals surface area contributed by atoms with Crippen molar-refractivity contribution in [1.29, 1.82) is 5.41 Å². The molecule has 0 aromatic heterocycles. The molecule has 4 N–H and O–H groups in total. The zero-order valence-electron chi connectivity index (χ0n) is 2.84. The van der Waals surface area contributed by atoms with E-state index >= 15 is 0 Å². The highest BCUT2D eigenvalue weighted by Crippen LogP contribution is 1.64. The Morgan fingerprint density at radius 2 is 2.17 bits per heavy atom. The third-order valence-electron chi connectivity index (χ3n) is 0.188. The molecular formula is CH4N2OS2. The van der Waals surface area contributed by atoms with Gasteiger partial charge >= 0.3 is 0 Å². The van der Waals surface area contributed by atoms with Crippen LogP contribution in [0.4, 0.5) is 0 Å². The number of nitrogens with two attached hydrogens (primary N) is 1. The lowest BCUT2D eigenvalue weighted by Crippen LogP contribution is -2.13. The molecule has 5 heteroatoms. The Morgan fingerprint density at radius 3 is 2.17 bits per heavy atom. The largest absolute Gasteiger partial charge is 0.377 e. The van der Waals surface area contributed by atoms with Crippen molar-refractivity contribution >= 4 is 26.1 Å². The normalized spacial score (nSPS) is 13.5. The van der Waals surface area contributed by atoms with Crippen molar-refractivity contribution in [2.75, 3.05) is 0 Å². The monoisotopic (exact) mass is 124 g/mol. The molecule has 0 heterocycles. The standard InChI is InChI=1S/CH4N2OS2/c2-1(3)6(4)5/h(H3,2,3)(H,4,5). The molecule has 36 valence electrons. The lowest BCUT2D eigenvalue weighted by Gasteiger charge is -1.84. The van der Waals surface area contributed by atoms with Crippen molar-refractivity contribution in [3.8, 4) is 0 Å². The average Bonchev–Trinajstić information content (AvgIpc) is 1.36. The van der Waals surface area contributed by atoms with E-state index in [0.29, 0.717) is 0 Å². The number of rotatable bonds is 0. The van der Waals surface area contributed by atoms with Gasteiger partial charge in [-0.3, -0.25) is 5.41 Å². The summed E-state index contributed by atoms with van der Waals surface area (Å²) in [4.78, 5) is 0. The van der Waals surface area contributed by atoms with Gasteiger partial charge in [0.25, 0.3) is 0 Å². The lowest BCUT2D eigenvalue weighted by atomic mass is 11.4. The molecule has 6 heavy (non-hydrogen) atoms. The second kappa shape index (κ2) is 2.22. The molecule has 0 rings (SSSR count). The third kappa shape index (κ3) is 2.25. The summed E-state index contributed by atoms with van der Waals surface area (Å²) < 4.78 is 8.12. The van der Waals surface area contributed by atoms with Gasteiger partial charge < -0.3 is 10.3 Å². The minimum Gasteiger partial charge on any atom is -0.377 e. The zero-order valence-corrected chi connectivity index (χ0v) is 4.47. The van der Waals surface area contributed by atoms with E-state index in [9.17, 15) is 0 Å². The summed E-state index contributed by atoms with van der Waals surface area (Å²) in [5, 5.41) is 6.04. The van der Waals surface area contributed by atoms with E-state index in [0.717, 1.165) is 0 Å². The van der Waals surface area contributed by atoms with Crippen molar-refractivity contribution in [1.82, 2.24) is 0 Å². The first-order valence-corrected chi connectivity index (χ1v) is 3.20. The fourth-order valence-corrected chi connectivity index (χ4v) is 0. The summed E-state index contributed by atoms with van der Waals surface area (Å²) in [7, 11) is -1.42. The van der Waals surface area contributed by atoms with Crippen LogP contribution in [0.3, 0.4) is 0 Å². The van der Waals surface area contributed by atoms with Gasteiger partial charge in [-0.1, -0.05) is 0 Å². The maximum atomic E-state index is 8.12. The molecule has 0 aliphatic carbocycles. The Hall–Kier alpha value is -0.0000000000000000555. The first-order chi connectivity index (χ1) is 2.64. The maximum Gasteiger partial charge on any atom is 0.181 e. The van der Waals surface area contributed by atoms with Crippen molar-refractivity contribution in [3.05, 3.63) is 0 Å². The molecule has 0 fully saturated rings. The van der Waals surface area contributed by atoms with Crippen LogP contribution < -0.4 is 5.73 Å². The van der Waals surface area contributed by atoms with Gasteiger partial charge in [0.15, 0.2) is 5.17 Å². The van der Waals surface area contributed by atoms with Crippen LogP contribution in [0.5, 0.6) is 0 Å². The van der Waals surface area contributed by atoms with E-state index in [1.165, 1.54) is 0 Å². The SMILES string of the molecule is N=C(N)S(O)=S. The molecule has 0 bridgehead atoms. The summed E-state index contributed by atoms with van der Waals surface area (Å²) in [5.74, 6) is 0. The van der Waals surface area contributed by atoms with Crippen LogP contribution in [0.1, 0.15) is 0 Å². The van der Waals surface area contributed by atoms with Crippen LogP contribution in [0.25, 0.3) is 0 Å². The summed E-state index contributed by atoms with van der Waals surface area (Å²) in [6, 6.07) is 0. The first kappa shape index (κ1) is 6.00. The molecule has 1 atom stereocenters. The summed E-state index contributed by atoms with van der Waals surface area (Å²) >= 11 is 4.14. The van der Waals surface area contributed by atoms with Crippen LogP contribution in [0.2, 0.25) is 0 Å². The van der Waals surface area contributed by atoms with Crippen LogP contribution in [-0.4, -0.2) is 9.72 Å². The molecule has 0 aromatic rings. The van der Waals surface area contributed by atoms with Crippen molar-refractivity contribution in [2.24, 2.45) is 5.73 Å². The average molecular weight is 124 g/mol. The summed E-state index contributed by atoms with van der Waals surface area (Å²) in [5.41, 5.74) is 4.68. The predicted molar refractivity (Wildman–Crippen MR) is 29.3 cm³/mol. The number of nitrogens with one attached hydrogen (secondary N) is 1. The highest BCUT2D eigenvalue weighted by molar-refractivity contribution is 8.34. The van der Waals surface area contributed by atoms with Crippen LogP contribution >= 0.6 is 0 Å². The summed E-state index contributed by atoms with van der Waals surface area (Å²) in [6.45, 7) is 0. The number of amidine groups is 1. The molecule has 0 radical (unpaired) electrons. The molecule has 0 saturated carbocycles. The fourth-order valence-electron chi connectivity index (χ4n) is 0. The minimum atomic E-state index is -1.42. The molecule has 0 aromatic carbocycles. The van der Waals surface area contributed by atoms with Crippen molar-refractivity contribution in [2.45, 2.75) is 0 Å². The van der Waals surface area contributed by atoms with Gasteiger partial charge in [0.2, 0.25) is 0 Å². The van der Waals surface area contributed by atoms with Crippen molar-refractivity contribution in [3.63, 3.8) is 0 Å². The number of hydrogen-bond acceptors (Lipinski definition) is 2. The molecule has 0 amide bonds. The highest BCUT2D eigenvalue weighted by Gasteiger charge is 1.84. The topological polar surface area (TPSA) is 70.1 Å². The summed E-state index contributed by atoms with van der Waals surface area (Å²) in [6.07, 6.45) is 0. The van der Waals surface area contributed by atoms with Gasteiger partial charge in [-0.05, 0) is 11.2 Å². The Morgan fingerprint density at radius 1 is 2.00 bits per heavy atom. The lowest BCUT2D eigenvalue weighted by molar-refractivity contribution is 0.666. The molecule has 0 spiro atoms. The predicted octanol–water partition coefficient (Wildman–Crippen LogP) is -0.567. The van der Waals surface area contributed by atoms with E-state index < -0.39 is 9.74 Å². The van der Waals surface area contributed by atoms with Gasteiger partial charge in [-0.2, -0.15) is 0 Å².